The van der Waals surface area contributed by atoms with Gasteiger partial charge in [0.25, 0.3) is 0 Å². The number of aromatic nitrogens is 3. The van der Waals surface area contributed by atoms with E-state index in [4.69, 9.17) is 27.9 Å². The molecule has 1 atom stereocenters. The lowest BCUT2D eigenvalue weighted by Gasteiger charge is -2.19. The summed E-state index contributed by atoms with van der Waals surface area (Å²) in [6.07, 6.45) is 4.05. The standard InChI is InChI=1S/C14H15Cl2N5O/c1-22-13-5-12(18-8-19-13)20-10-2-3-21(7-10)14-11(16)4-9(15)6-17-14/h4-6,8,10H,2-3,7H2,1H3,(H,18,19,20). The summed E-state index contributed by atoms with van der Waals surface area (Å²) in [5.74, 6) is 2.04. The normalized spacial score (nSPS) is 17.6. The zero-order chi connectivity index (χ0) is 15.5. The lowest BCUT2D eigenvalue weighted by molar-refractivity contribution is 0.397. The Labute approximate surface area is 138 Å². The van der Waals surface area contributed by atoms with Gasteiger partial charge in [-0.1, -0.05) is 23.2 Å². The molecular formula is C14H15Cl2N5O. The molecule has 22 heavy (non-hydrogen) atoms. The van der Waals surface area contributed by atoms with Gasteiger partial charge in [-0.15, -0.1) is 0 Å². The molecule has 6 nitrogen and oxygen atoms in total. The second-order valence-corrected chi connectivity index (χ2v) is 5.82. The molecule has 1 fully saturated rings. The predicted molar refractivity (Wildman–Crippen MR) is 87.1 cm³/mol. The summed E-state index contributed by atoms with van der Waals surface area (Å²) in [4.78, 5) is 14.6. The summed E-state index contributed by atoms with van der Waals surface area (Å²) in [5, 5.41) is 4.48. The highest BCUT2D eigenvalue weighted by molar-refractivity contribution is 6.36. The molecule has 0 bridgehead atoms. The Balaban J connectivity index is 1.67. The van der Waals surface area contributed by atoms with E-state index in [9.17, 15) is 0 Å². The zero-order valence-electron chi connectivity index (χ0n) is 12.0. The number of pyridine rings is 1. The van der Waals surface area contributed by atoms with E-state index in [2.05, 4.69) is 25.2 Å². The molecule has 116 valence electrons. The summed E-state index contributed by atoms with van der Waals surface area (Å²) < 4.78 is 5.10. The third kappa shape index (κ3) is 3.34. The van der Waals surface area contributed by atoms with Crippen LogP contribution in [-0.2, 0) is 0 Å². The van der Waals surface area contributed by atoms with Gasteiger partial charge in [-0.25, -0.2) is 15.0 Å². The Morgan fingerprint density at radius 3 is 2.91 bits per heavy atom. The van der Waals surface area contributed by atoms with Crippen LogP contribution in [0.4, 0.5) is 11.6 Å². The number of hydrogen-bond donors (Lipinski definition) is 1. The van der Waals surface area contributed by atoms with Gasteiger partial charge in [0.15, 0.2) is 0 Å². The van der Waals surface area contributed by atoms with Gasteiger partial charge >= 0.3 is 0 Å². The largest absolute Gasteiger partial charge is 0.481 e. The molecular weight excluding hydrogens is 325 g/mol. The molecule has 8 heteroatoms. The molecule has 2 aromatic heterocycles. The Hall–Kier alpha value is -1.79. The van der Waals surface area contributed by atoms with Crippen LogP contribution < -0.4 is 15.0 Å². The number of hydrogen-bond acceptors (Lipinski definition) is 6. The maximum absolute atomic E-state index is 6.21. The van der Waals surface area contributed by atoms with Crippen LogP contribution in [0.5, 0.6) is 5.88 Å². The van der Waals surface area contributed by atoms with Gasteiger partial charge in [-0.2, -0.15) is 0 Å². The highest BCUT2D eigenvalue weighted by Gasteiger charge is 2.25. The number of methoxy groups -OCH3 is 1. The van der Waals surface area contributed by atoms with Gasteiger partial charge in [0.2, 0.25) is 5.88 Å². The van der Waals surface area contributed by atoms with Gasteiger partial charge in [0.1, 0.15) is 18.0 Å². The highest BCUT2D eigenvalue weighted by atomic mass is 35.5. The molecule has 0 amide bonds. The average Bonchev–Trinajstić information content (AvgIpc) is 2.95. The molecule has 1 N–H and O–H groups in total. The van der Waals surface area contributed by atoms with Crippen molar-refractivity contribution in [2.45, 2.75) is 12.5 Å². The summed E-state index contributed by atoms with van der Waals surface area (Å²) in [7, 11) is 1.58. The van der Waals surface area contributed by atoms with Crippen LogP contribution in [0.1, 0.15) is 6.42 Å². The molecule has 0 spiro atoms. The molecule has 2 aromatic rings. The number of ether oxygens (including phenoxy) is 1. The first-order chi connectivity index (χ1) is 10.7. The lowest BCUT2D eigenvalue weighted by atomic mass is 10.2. The minimum atomic E-state index is 0.258. The smallest absolute Gasteiger partial charge is 0.218 e. The predicted octanol–water partition coefficient (Wildman–Crippen LogP) is 2.88. The maximum Gasteiger partial charge on any atom is 0.218 e. The Bertz CT molecular complexity index is 669. The second kappa shape index (κ2) is 6.54. The van der Waals surface area contributed by atoms with E-state index in [0.29, 0.717) is 15.9 Å². The Kier molecular flexibility index (Phi) is 4.49. The molecule has 0 aromatic carbocycles. The summed E-state index contributed by atoms with van der Waals surface area (Å²) >= 11 is 12.1. The van der Waals surface area contributed by atoms with Crippen LogP contribution in [0.3, 0.4) is 0 Å². The van der Waals surface area contributed by atoms with Crippen molar-refractivity contribution in [2.75, 3.05) is 30.4 Å². The monoisotopic (exact) mass is 339 g/mol. The van der Waals surface area contributed by atoms with Crippen molar-refractivity contribution in [3.8, 4) is 5.88 Å². The molecule has 3 heterocycles. The number of halogens is 2. The molecule has 1 saturated heterocycles. The van der Waals surface area contributed by atoms with E-state index in [1.807, 2.05) is 0 Å². The van der Waals surface area contributed by atoms with Crippen molar-refractivity contribution in [3.05, 3.63) is 34.7 Å². The Morgan fingerprint density at radius 2 is 2.14 bits per heavy atom. The minimum absolute atomic E-state index is 0.258. The first-order valence-corrected chi connectivity index (χ1v) is 7.60. The first kappa shape index (κ1) is 15.1. The molecule has 1 aliphatic rings. The molecule has 1 aliphatic heterocycles. The van der Waals surface area contributed by atoms with Gasteiger partial charge < -0.3 is 15.0 Å². The maximum atomic E-state index is 6.21. The molecule has 3 rings (SSSR count). The van der Waals surface area contributed by atoms with Crippen LogP contribution in [-0.4, -0.2) is 41.2 Å². The Morgan fingerprint density at radius 1 is 1.27 bits per heavy atom. The highest BCUT2D eigenvalue weighted by Crippen LogP contribution is 2.29. The topological polar surface area (TPSA) is 63.2 Å². The number of nitrogens with one attached hydrogen (secondary N) is 1. The van der Waals surface area contributed by atoms with Gasteiger partial charge in [-0.05, 0) is 12.5 Å². The summed E-state index contributed by atoms with van der Waals surface area (Å²) in [6, 6.07) is 3.74. The van der Waals surface area contributed by atoms with E-state index in [0.717, 1.165) is 31.1 Å². The quantitative estimate of drug-likeness (QED) is 0.923. The minimum Gasteiger partial charge on any atom is -0.481 e. The van der Waals surface area contributed by atoms with E-state index >= 15 is 0 Å². The SMILES string of the molecule is COc1cc(NC2CCN(c3ncc(Cl)cc3Cl)C2)ncn1. The summed E-state index contributed by atoms with van der Waals surface area (Å²) in [5.41, 5.74) is 0. The van der Waals surface area contributed by atoms with E-state index in [-0.39, 0.29) is 6.04 Å². The zero-order valence-corrected chi connectivity index (χ0v) is 13.5. The molecule has 1 unspecified atom stereocenters. The lowest BCUT2D eigenvalue weighted by Crippen LogP contribution is -2.27. The summed E-state index contributed by atoms with van der Waals surface area (Å²) in [6.45, 7) is 1.66. The van der Waals surface area contributed by atoms with Crippen LogP contribution in [0.2, 0.25) is 10.0 Å². The fourth-order valence-corrected chi connectivity index (χ4v) is 2.95. The van der Waals surface area contributed by atoms with Crippen molar-refractivity contribution in [1.29, 1.82) is 0 Å². The van der Waals surface area contributed by atoms with E-state index in [1.165, 1.54) is 6.33 Å². The van der Waals surface area contributed by atoms with Gasteiger partial charge in [0.05, 0.1) is 17.2 Å². The molecule has 0 radical (unpaired) electrons. The first-order valence-electron chi connectivity index (χ1n) is 6.84. The third-order valence-corrected chi connectivity index (χ3v) is 3.96. The number of rotatable bonds is 4. The number of anilines is 2. The fraction of sp³-hybridized carbons (Fsp3) is 0.357. The average molecular weight is 340 g/mol. The number of nitrogens with zero attached hydrogens (tertiary/aromatic N) is 4. The molecule has 0 aliphatic carbocycles. The van der Waals surface area contributed by atoms with Crippen LogP contribution in [0, 0.1) is 0 Å². The van der Waals surface area contributed by atoms with Crippen LogP contribution in [0.15, 0.2) is 24.7 Å². The van der Waals surface area contributed by atoms with Crippen LogP contribution in [0.25, 0.3) is 0 Å². The van der Waals surface area contributed by atoms with Crippen LogP contribution >= 0.6 is 23.2 Å². The second-order valence-electron chi connectivity index (χ2n) is 4.98. The van der Waals surface area contributed by atoms with Crippen molar-refractivity contribution in [3.63, 3.8) is 0 Å². The van der Waals surface area contributed by atoms with E-state index < -0.39 is 0 Å². The fourth-order valence-electron chi connectivity index (χ4n) is 2.45. The van der Waals surface area contributed by atoms with Crippen molar-refractivity contribution < 1.29 is 4.74 Å². The van der Waals surface area contributed by atoms with Crippen molar-refractivity contribution in [2.24, 2.45) is 0 Å². The van der Waals surface area contributed by atoms with Crippen molar-refractivity contribution >= 4 is 34.8 Å². The van der Waals surface area contributed by atoms with Gasteiger partial charge in [-0.3, -0.25) is 0 Å². The van der Waals surface area contributed by atoms with Crippen molar-refractivity contribution in [1.82, 2.24) is 15.0 Å². The van der Waals surface area contributed by atoms with E-state index in [1.54, 1.807) is 25.4 Å². The van der Waals surface area contributed by atoms with Gasteiger partial charge in [0, 0.05) is 31.4 Å². The molecule has 0 saturated carbocycles. The third-order valence-electron chi connectivity index (χ3n) is 3.48.